The summed E-state index contributed by atoms with van der Waals surface area (Å²) >= 11 is 1.90. The molecule has 0 bridgehead atoms. The maximum atomic E-state index is 6.03. The van der Waals surface area contributed by atoms with E-state index >= 15 is 0 Å². The fraction of sp³-hybridized carbons (Fsp3) is 0.667. The summed E-state index contributed by atoms with van der Waals surface area (Å²) in [6.45, 7) is 13.0. The molecule has 19 heavy (non-hydrogen) atoms. The zero-order valence-corrected chi connectivity index (χ0v) is 13.4. The van der Waals surface area contributed by atoms with E-state index in [2.05, 4.69) is 56.6 Å². The molecule has 1 aromatic rings. The average molecular weight is 279 g/mol. The van der Waals surface area contributed by atoms with Gasteiger partial charge in [-0.25, -0.2) is 0 Å². The van der Waals surface area contributed by atoms with E-state index in [1.807, 2.05) is 11.3 Å². The van der Waals surface area contributed by atoms with Crippen molar-refractivity contribution in [1.82, 2.24) is 4.90 Å². The van der Waals surface area contributed by atoms with E-state index in [-0.39, 0.29) is 5.41 Å². The van der Waals surface area contributed by atoms with E-state index in [9.17, 15) is 0 Å². The van der Waals surface area contributed by atoms with Gasteiger partial charge in [-0.15, -0.1) is 11.3 Å². The van der Waals surface area contributed by atoms with Crippen LogP contribution in [0, 0.1) is 5.92 Å². The van der Waals surface area contributed by atoms with Crippen LogP contribution in [0.25, 0.3) is 0 Å². The van der Waals surface area contributed by atoms with E-state index < -0.39 is 0 Å². The molecule has 1 aliphatic rings. The van der Waals surface area contributed by atoms with Gasteiger partial charge in [-0.3, -0.25) is 4.99 Å². The van der Waals surface area contributed by atoms with Gasteiger partial charge >= 0.3 is 0 Å². The highest BCUT2D eigenvalue weighted by atomic mass is 32.1. The van der Waals surface area contributed by atoms with Crippen LogP contribution in [0.5, 0.6) is 0 Å². The second kappa shape index (κ2) is 5.16. The fourth-order valence-corrected chi connectivity index (χ4v) is 3.49. The second-order valence-corrected chi connectivity index (χ2v) is 7.83. The van der Waals surface area contributed by atoms with E-state index in [0.717, 1.165) is 13.1 Å². The highest BCUT2D eigenvalue weighted by molar-refractivity contribution is 7.12. The molecular formula is C15H25N3S. The number of nitrogens with two attached hydrogens (primary N) is 1. The van der Waals surface area contributed by atoms with Crippen molar-refractivity contribution in [3.05, 3.63) is 21.9 Å². The fourth-order valence-electron chi connectivity index (χ4n) is 2.32. The van der Waals surface area contributed by atoms with Crippen molar-refractivity contribution < 1.29 is 0 Å². The highest BCUT2D eigenvalue weighted by Crippen LogP contribution is 2.36. The zero-order chi connectivity index (χ0) is 14.2. The van der Waals surface area contributed by atoms with Gasteiger partial charge in [-0.1, -0.05) is 34.6 Å². The Morgan fingerprint density at radius 1 is 1.42 bits per heavy atom. The monoisotopic (exact) mass is 279 g/mol. The Morgan fingerprint density at radius 3 is 2.63 bits per heavy atom. The van der Waals surface area contributed by atoms with Crippen molar-refractivity contribution in [3.63, 3.8) is 0 Å². The van der Waals surface area contributed by atoms with Gasteiger partial charge in [-0.2, -0.15) is 0 Å². The molecule has 3 nitrogen and oxygen atoms in total. The molecule has 1 aromatic heterocycles. The third-order valence-electron chi connectivity index (χ3n) is 3.35. The minimum atomic E-state index is 0.219. The van der Waals surface area contributed by atoms with Crippen LogP contribution in [0.1, 0.15) is 50.4 Å². The van der Waals surface area contributed by atoms with Gasteiger partial charge in [0, 0.05) is 16.3 Å². The molecule has 1 aliphatic heterocycles. The first-order valence-electron chi connectivity index (χ1n) is 6.96. The molecule has 2 N–H and O–H groups in total. The number of nitrogens with zero attached hydrogens (tertiary/aromatic N) is 2. The maximum Gasteiger partial charge on any atom is 0.191 e. The third kappa shape index (κ3) is 3.11. The van der Waals surface area contributed by atoms with Crippen LogP contribution in [0.2, 0.25) is 0 Å². The van der Waals surface area contributed by atoms with Crippen LogP contribution < -0.4 is 5.73 Å². The summed E-state index contributed by atoms with van der Waals surface area (Å²) in [5.41, 5.74) is 6.25. The molecule has 0 amide bonds. The molecule has 106 valence electrons. The van der Waals surface area contributed by atoms with Crippen LogP contribution in [0.3, 0.4) is 0 Å². The predicted octanol–water partition coefficient (Wildman–Crippen LogP) is 3.37. The van der Waals surface area contributed by atoms with E-state index in [1.165, 1.54) is 9.75 Å². The van der Waals surface area contributed by atoms with Gasteiger partial charge in [0.05, 0.1) is 12.6 Å². The molecule has 0 fully saturated rings. The summed E-state index contributed by atoms with van der Waals surface area (Å²) in [6.07, 6.45) is 0. The van der Waals surface area contributed by atoms with Crippen LogP contribution in [-0.2, 0) is 5.41 Å². The number of thiophene rings is 1. The highest BCUT2D eigenvalue weighted by Gasteiger charge is 2.29. The summed E-state index contributed by atoms with van der Waals surface area (Å²) in [5, 5.41) is 0. The molecule has 0 radical (unpaired) electrons. The van der Waals surface area contributed by atoms with Gasteiger partial charge in [0.15, 0.2) is 5.96 Å². The molecule has 1 atom stereocenters. The Balaban J connectivity index is 2.20. The summed E-state index contributed by atoms with van der Waals surface area (Å²) in [5.74, 6) is 1.29. The molecule has 0 spiro atoms. The summed E-state index contributed by atoms with van der Waals surface area (Å²) in [7, 11) is 0. The van der Waals surface area contributed by atoms with Crippen molar-refractivity contribution in [2.24, 2.45) is 16.6 Å². The molecule has 1 unspecified atom stereocenters. The minimum Gasteiger partial charge on any atom is -0.370 e. The van der Waals surface area contributed by atoms with Gasteiger partial charge in [0.1, 0.15) is 0 Å². The van der Waals surface area contributed by atoms with Crippen molar-refractivity contribution in [3.8, 4) is 0 Å². The van der Waals surface area contributed by atoms with E-state index in [4.69, 9.17) is 5.73 Å². The van der Waals surface area contributed by atoms with Gasteiger partial charge in [0.2, 0.25) is 0 Å². The molecule has 0 saturated carbocycles. The first kappa shape index (κ1) is 14.4. The molecular weight excluding hydrogens is 254 g/mol. The first-order chi connectivity index (χ1) is 8.79. The summed E-state index contributed by atoms with van der Waals surface area (Å²) in [6, 6.07) is 4.84. The SMILES string of the molecule is CC(C)CN1C(N)=NCC1c1ccc(C(C)(C)C)s1. The lowest BCUT2D eigenvalue weighted by Gasteiger charge is -2.27. The van der Waals surface area contributed by atoms with Crippen molar-refractivity contribution in [2.75, 3.05) is 13.1 Å². The zero-order valence-electron chi connectivity index (χ0n) is 12.6. The maximum absolute atomic E-state index is 6.03. The predicted molar refractivity (Wildman–Crippen MR) is 83.8 cm³/mol. The number of guanidine groups is 1. The largest absolute Gasteiger partial charge is 0.370 e. The van der Waals surface area contributed by atoms with Crippen molar-refractivity contribution in [1.29, 1.82) is 0 Å². The lowest BCUT2D eigenvalue weighted by molar-refractivity contribution is 0.313. The molecule has 0 aromatic carbocycles. The Morgan fingerprint density at radius 2 is 2.11 bits per heavy atom. The quantitative estimate of drug-likeness (QED) is 0.921. The normalized spacial score (nSPS) is 20.2. The average Bonchev–Trinajstić information content (AvgIpc) is 2.85. The standard InChI is InChI=1S/C15H25N3S/c1-10(2)9-18-11(8-17-14(18)16)12-6-7-13(19-12)15(3,4)5/h6-7,10-11H,8-9H2,1-5H3,(H2,16,17). The first-order valence-corrected chi connectivity index (χ1v) is 7.77. The second-order valence-electron chi connectivity index (χ2n) is 6.71. The number of hydrogen-bond donors (Lipinski definition) is 1. The minimum absolute atomic E-state index is 0.219. The van der Waals surface area contributed by atoms with Gasteiger partial charge in [0.25, 0.3) is 0 Å². The summed E-state index contributed by atoms with van der Waals surface area (Å²) < 4.78 is 0. The Labute approximate surface area is 120 Å². The Hall–Kier alpha value is -1.03. The van der Waals surface area contributed by atoms with Crippen molar-refractivity contribution >= 4 is 17.3 Å². The molecule has 2 heterocycles. The van der Waals surface area contributed by atoms with Crippen LogP contribution in [0.4, 0.5) is 0 Å². The topological polar surface area (TPSA) is 41.6 Å². The van der Waals surface area contributed by atoms with Crippen LogP contribution in [0.15, 0.2) is 17.1 Å². The number of rotatable bonds is 3. The van der Waals surface area contributed by atoms with Crippen LogP contribution >= 0.6 is 11.3 Å². The molecule has 4 heteroatoms. The lowest BCUT2D eigenvalue weighted by atomic mass is 9.95. The smallest absolute Gasteiger partial charge is 0.191 e. The van der Waals surface area contributed by atoms with E-state index in [1.54, 1.807) is 0 Å². The van der Waals surface area contributed by atoms with E-state index in [0.29, 0.717) is 17.9 Å². The molecule has 0 saturated heterocycles. The number of hydrogen-bond acceptors (Lipinski definition) is 4. The number of aliphatic imine (C=N–C) groups is 1. The lowest BCUT2D eigenvalue weighted by Crippen LogP contribution is -2.38. The van der Waals surface area contributed by atoms with Crippen LogP contribution in [-0.4, -0.2) is 23.9 Å². The van der Waals surface area contributed by atoms with Gasteiger partial charge < -0.3 is 10.6 Å². The Bertz CT molecular complexity index is 468. The summed E-state index contributed by atoms with van der Waals surface area (Å²) in [4.78, 5) is 9.49. The molecule has 2 rings (SSSR count). The van der Waals surface area contributed by atoms with Crippen molar-refractivity contribution in [2.45, 2.75) is 46.1 Å². The van der Waals surface area contributed by atoms with Gasteiger partial charge in [-0.05, 0) is 23.5 Å². The molecule has 0 aliphatic carbocycles. The third-order valence-corrected chi connectivity index (χ3v) is 4.97. The Kier molecular flexibility index (Phi) is 3.90.